The van der Waals surface area contributed by atoms with Crippen molar-refractivity contribution in [2.75, 3.05) is 12.4 Å². The van der Waals surface area contributed by atoms with Crippen LogP contribution in [0.2, 0.25) is 0 Å². The van der Waals surface area contributed by atoms with Gasteiger partial charge in [0.05, 0.1) is 12.0 Å². The molecular formula is C23H22N2O2S. The molecule has 0 saturated heterocycles. The summed E-state index contributed by atoms with van der Waals surface area (Å²) in [5.41, 5.74) is 4.36. The van der Waals surface area contributed by atoms with Crippen molar-refractivity contribution in [3.05, 3.63) is 87.1 Å². The molecule has 1 aromatic heterocycles. The van der Waals surface area contributed by atoms with Gasteiger partial charge in [-0.2, -0.15) is 0 Å². The molecule has 1 aliphatic rings. The summed E-state index contributed by atoms with van der Waals surface area (Å²) in [6.45, 7) is 4.03. The molecule has 5 heteroatoms. The SMILES string of the molecule is Cc1cc(C)cc(NC(=O)[C@H]2c3ccccc3C(=O)N(C)[C@@H]2c2cccs2)c1. The third-order valence-corrected chi connectivity index (χ3v) is 6.13. The Morgan fingerprint density at radius 3 is 2.43 bits per heavy atom. The topological polar surface area (TPSA) is 49.4 Å². The Labute approximate surface area is 168 Å². The van der Waals surface area contributed by atoms with Gasteiger partial charge in [0, 0.05) is 23.2 Å². The zero-order valence-corrected chi connectivity index (χ0v) is 16.9. The van der Waals surface area contributed by atoms with Crippen LogP contribution in [0.5, 0.6) is 0 Å². The van der Waals surface area contributed by atoms with Crippen LogP contribution in [0.15, 0.2) is 60.0 Å². The summed E-state index contributed by atoms with van der Waals surface area (Å²) in [7, 11) is 1.78. The quantitative estimate of drug-likeness (QED) is 0.690. The fourth-order valence-corrected chi connectivity index (χ4v) is 4.94. The van der Waals surface area contributed by atoms with Crippen LogP contribution in [-0.4, -0.2) is 23.8 Å². The fraction of sp³-hybridized carbons (Fsp3) is 0.217. The van der Waals surface area contributed by atoms with E-state index in [1.807, 2.05) is 61.7 Å². The second-order valence-electron chi connectivity index (χ2n) is 7.31. The smallest absolute Gasteiger partial charge is 0.254 e. The Kier molecular flexibility index (Phi) is 4.77. The molecule has 3 aromatic rings. The van der Waals surface area contributed by atoms with Crippen LogP contribution in [0.4, 0.5) is 5.69 Å². The lowest BCUT2D eigenvalue weighted by molar-refractivity contribution is -0.119. The molecule has 2 amide bonds. The van der Waals surface area contributed by atoms with E-state index in [9.17, 15) is 9.59 Å². The second-order valence-corrected chi connectivity index (χ2v) is 8.29. The molecule has 0 radical (unpaired) electrons. The molecule has 0 fully saturated rings. The van der Waals surface area contributed by atoms with E-state index in [1.165, 1.54) is 0 Å². The van der Waals surface area contributed by atoms with Gasteiger partial charge < -0.3 is 10.2 Å². The minimum Gasteiger partial charge on any atom is -0.333 e. The number of rotatable bonds is 3. The van der Waals surface area contributed by atoms with Crippen LogP contribution in [0.25, 0.3) is 0 Å². The Bertz CT molecular complexity index is 1020. The average Bonchev–Trinajstić information content (AvgIpc) is 3.17. The molecule has 1 aliphatic heterocycles. The third kappa shape index (κ3) is 3.22. The molecule has 28 heavy (non-hydrogen) atoms. The van der Waals surface area contributed by atoms with Gasteiger partial charge in [0.1, 0.15) is 0 Å². The lowest BCUT2D eigenvalue weighted by Crippen LogP contribution is -2.43. The summed E-state index contributed by atoms with van der Waals surface area (Å²) < 4.78 is 0. The molecule has 4 nitrogen and oxygen atoms in total. The van der Waals surface area contributed by atoms with Gasteiger partial charge in [0.15, 0.2) is 0 Å². The average molecular weight is 391 g/mol. The van der Waals surface area contributed by atoms with E-state index in [2.05, 4.69) is 11.4 Å². The van der Waals surface area contributed by atoms with Crippen LogP contribution in [0.1, 0.15) is 43.9 Å². The molecule has 2 atom stereocenters. The van der Waals surface area contributed by atoms with Crippen LogP contribution in [0, 0.1) is 13.8 Å². The van der Waals surface area contributed by atoms with Crippen molar-refractivity contribution in [2.45, 2.75) is 25.8 Å². The number of fused-ring (bicyclic) bond motifs is 1. The van der Waals surface area contributed by atoms with E-state index in [1.54, 1.807) is 29.4 Å². The molecule has 0 spiro atoms. The van der Waals surface area contributed by atoms with Crippen molar-refractivity contribution in [3.63, 3.8) is 0 Å². The highest BCUT2D eigenvalue weighted by molar-refractivity contribution is 7.10. The number of amides is 2. The number of hydrogen-bond acceptors (Lipinski definition) is 3. The highest BCUT2D eigenvalue weighted by Gasteiger charge is 2.43. The zero-order valence-electron chi connectivity index (χ0n) is 16.1. The Morgan fingerprint density at radius 1 is 1.04 bits per heavy atom. The highest BCUT2D eigenvalue weighted by atomic mass is 32.1. The standard InChI is InChI=1S/C23H22N2O2S/c1-14-11-15(2)13-16(12-14)24-22(26)20-17-7-4-5-8-18(17)23(27)25(3)21(20)19-9-6-10-28-19/h4-13,20-21H,1-3H3,(H,24,26)/t20-,21+/m0/s1. The van der Waals surface area contributed by atoms with Gasteiger partial charge in [0.25, 0.3) is 5.91 Å². The van der Waals surface area contributed by atoms with E-state index in [0.717, 1.165) is 27.3 Å². The minimum atomic E-state index is -0.474. The molecule has 4 rings (SSSR count). The summed E-state index contributed by atoms with van der Waals surface area (Å²) in [5.74, 6) is -0.627. The fourth-order valence-electron chi connectivity index (χ4n) is 4.04. The number of hydrogen-bond donors (Lipinski definition) is 1. The molecule has 0 saturated carbocycles. The number of carbonyl (C=O) groups excluding carboxylic acids is 2. The highest BCUT2D eigenvalue weighted by Crippen LogP contribution is 2.43. The number of nitrogens with zero attached hydrogens (tertiary/aromatic N) is 1. The maximum Gasteiger partial charge on any atom is 0.254 e. The van der Waals surface area contributed by atoms with Crippen molar-refractivity contribution < 1.29 is 9.59 Å². The summed E-state index contributed by atoms with van der Waals surface area (Å²) in [5, 5.41) is 5.07. The number of carbonyl (C=O) groups is 2. The van der Waals surface area contributed by atoms with Gasteiger partial charge in [-0.3, -0.25) is 9.59 Å². The van der Waals surface area contributed by atoms with Crippen LogP contribution in [-0.2, 0) is 4.79 Å². The van der Waals surface area contributed by atoms with Gasteiger partial charge >= 0.3 is 0 Å². The Balaban J connectivity index is 1.79. The van der Waals surface area contributed by atoms with Gasteiger partial charge in [-0.1, -0.05) is 30.3 Å². The van der Waals surface area contributed by atoms with Crippen molar-refractivity contribution in [3.8, 4) is 0 Å². The Morgan fingerprint density at radius 2 is 1.75 bits per heavy atom. The lowest BCUT2D eigenvalue weighted by atomic mass is 9.81. The van der Waals surface area contributed by atoms with E-state index in [0.29, 0.717) is 5.56 Å². The number of nitrogens with one attached hydrogen (secondary N) is 1. The number of thiophene rings is 1. The van der Waals surface area contributed by atoms with Crippen molar-refractivity contribution in [2.24, 2.45) is 0 Å². The maximum atomic E-state index is 13.5. The first kappa shape index (κ1) is 18.4. The Hall–Kier alpha value is -2.92. The predicted molar refractivity (Wildman–Crippen MR) is 113 cm³/mol. The van der Waals surface area contributed by atoms with Crippen molar-refractivity contribution in [1.29, 1.82) is 0 Å². The van der Waals surface area contributed by atoms with Crippen molar-refractivity contribution >= 4 is 28.8 Å². The van der Waals surface area contributed by atoms with Crippen molar-refractivity contribution in [1.82, 2.24) is 4.90 Å². The van der Waals surface area contributed by atoms with E-state index < -0.39 is 5.92 Å². The molecular weight excluding hydrogens is 368 g/mol. The first-order chi connectivity index (χ1) is 13.5. The minimum absolute atomic E-state index is 0.0514. The number of benzene rings is 2. The monoisotopic (exact) mass is 390 g/mol. The van der Waals surface area contributed by atoms with Crippen LogP contribution < -0.4 is 5.32 Å². The largest absolute Gasteiger partial charge is 0.333 e. The summed E-state index contributed by atoms with van der Waals surface area (Å²) in [6.07, 6.45) is 0. The lowest BCUT2D eigenvalue weighted by Gasteiger charge is -2.39. The van der Waals surface area contributed by atoms with Gasteiger partial charge in [-0.15, -0.1) is 11.3 Å². The summed E-state index contributed by atoms with van der Waals surface area (Å²) >= 11 is 1.57. The molecule has 2 heterocycles. The second kappa shape index (κ2) is 7.24. The van der Waals surface area contributed by atoms with E-state index in [-0.39, 0.29) is 17.9 Å². The van der Waals surface area contributed by atoms with E-state index in [4.69, 9.17) is 0 Å². The predicted octanol–water partition coefficient (Wildman–Crippen LogP) is 4.91. The molecule has 0 bridgehead atoms. The van der Waals surface area contributed by atoms with E-state index >= 15 is 0 Å². The normalized spacial score (nSPS) is 18.7. The van der Waals surface area contributed by atoms with Crippen LogP contribution >= 0.6 is 11.3 Å². The zero-order chi connectivity index (χ0) is 19.8. The van der Waals surface area contributed by atoms with Crippen LogP contribution in [0.3, 0.4) is 0 Å². The number of likely N-dealkylation sites (N-methyl/N-ethyl adjacent to an activating group) is 1. The molecule has 0 unspecified atom stereocenters. The number of anilines is 1. The molecule has 2 aromatic carbocycles. The third-order valence-electron chi connectivity index (χ3n) is 5.19. The maximum absolute atomic E-state index is 13.5. The first-order valence-corrected chi connectivity index (χ1v) is 10.1. The van der Waals surface area contributed by atoms with Gasteiger partial charge in [0.2, 0.25) is 5.91 Å². The van der Waals surface area contributed by atoms with Gasteiger partial charge in [-0.25, -0.2) is 0 Å². The summed E-state index contributed by atoms with van der Waals surface area (Å²) in [6, 6.07) is 17.1. The molecule has 0 aliphatic carbocycles. The van der Waals surface area contributed by atoms with Gasteiger partial charge in [-0.05, 0) is 60.2 Å². The molecule has 1 N–H and O–H groups in total. The first-order valence-electron chi connectivity index (χ1n) is 9.24. The summed E-state index contributed by atoms with van der Waals surface area (Å²) in [4.78, 5) is 29.1. The number of aryl methyl sites for hydroxylation is 2. The molecule has 142 valence electrons.